The van der Waals surface area contributed by atoms with Crippen LogP contribution in [0.1, 0.15) is 34.1 Å². The van der Waals surface area contributed by atoms with Crippen LogP contribution in [0.5, 0.6) is 0 Å². The minimum Gasteiger partial charge on any atom is -0.379 e. The van der Waals surface area contributed by atoms with E-state index in [4.69, 9.17) is 4.74 Å². The zero-order valence-electron chi connectivity index (χ0n) is 12.2. The lowest BCUT2D eigenvalue weighted by Crippen LogP contribution is -2.68. The van der Waals surface area contributed by atoms with Gasteiger partial charge < -0.3 is 15.0 Å². The second-order valence-electron chi connectivity index (χ2n) is 6.18. The number of amides is 2. The number of ether oxygens (including phenoxy) is 1. The molecule has 5 heteroatoms. The molecule has 2 heterocycles. The van der Waals surface area contributed by atoms with Gasteiger partial charge in [0.05, 0.1) is 12.6 Å². The normalized spacial score (nSPS) is 32.3. The smallest absolute Gasteiger partial charge is 0.246 e. The van der Waals surface area contributed by atoms with Crippen LogP contribution in [-0.4, -0.2) is 48.1 Å². The summed E-state index contributed by atoms with van der Waals surface area (Å²) in [4.78, 5) is 26.8. The van der Waals surface area contributed by atoms with Crippen LogP contribution in [0.15, 0.2) is 0 Å². The molecule has 0 aromatic carbocycles. The molecule has 3 unspecified atom stereocenters. The van der Waals surface area contributed by atoms with Gasteiger partial charge in [-0.25, -0.2) is 0 Å². The van der Waals surface area contributed by atoms with Crippen molar-refractivity contribution in [1.29, 1.82) is 0 Å². The molecule has 2 fully saturated rings. The van der Waals surface area contributed by atoms with E-state index in [0.717, 1.165) is 6.42 Å². The Kier molecular flexibility index (Phi) is 4.13. The van der Waals surface area contributed by atoms with Crippen LogP contribution in [-0.2, 0) is 14.3 Å². The summed E-state index contributed by atoms with van der Waals surface area (Å²) in [7, 11) is 0. The van der Waals surface area contributed by atoms with E-state index < -0.39 is 6.04 Å². The Morgan fingerprint density at radius 2 is 1.89 bits per heavy atom. The second-order valence-corrected chi connectivity index (χ2v) is 6.18. The largest absolute Gasteiger partial charge is 0.379 e. The minimum absolute atomic E-state index is 0.0276. The van der Waals surface area contributed by atoms with Gasteiger partial charge in [0, 0.05) is 6.61 Å². The maximum absolute atomic E-state index is 12.7. The van der Waals surface area contributed by atoms with E-state index in [0.29, 0.717) is 13.2 Å². The highest BCUT2D eigenvalue weighted by molar-refractivity contribution is 5.97. The summed E-state index contributed by atoms with van der Waals surface area (Å²) in [5.41, 5.74) is 0. The van der Waals surface area contributed by atoms with Crippen molar-refractivity contribution in [3.8, 4) is 0 Å². The maximum atomic E-state index is 12.7. The molecule has 5 nitrogen and oxygen atoms in total. The van der Waals surface area contributed by atoms with Gasteiger partial charge in [-0.2, -0.15) is 0 Å². The summed E-state index contributed by atoms with van der Waals surface area (Å²) in [6, 6.07) is -0.718. The predicted molar refractivity (Wildman–Crippen MR) is 71.5 cm³/mol. The Morgan fingerprint density at radius 3 is 2.37 bits per heavy atom. The highest BCUT2D eigenvalue weighted by atomic mass is 16.5. The summed E-state index contributed by atoms with van der Waals surface area (Å²) in [5, 5.41) is 2.88. The van der Waals surface area contributed by atoms with Crippen molar-refractivity contribution < 1.29 is 14.3 Å². The first kappa shape index (κ1) is 14.3. The molecule has 0 saturated carbocycles. The van der Waals surface area contributed by atoms with Crippen LogP contribution in [0.4, 0.5) is 0 Å². The molecule has 2 aliphatic heterocycles. The highest BCUT2D eigenvalue weighted by Gasteiger charge is 2.46. The van der Waals surface area contributed by atoms with Crippen LogP contribution in [0.2, 0.25) is 0 Å². The quantitative estimate of drug-likeness (QED) is 0.823. The van der Waals surface area contributed by atoms with Crippen molar-refractivity contribution >= 4 is 11.8 Å². The van der Waals surface area contributed by atoms with Gasteiger partial charge in [-0.3, -0.25) is 9.59 Å². The van der Waals surface area contributed by atoms with Crippen molar-refractivity contribution in [3.63, 3.8) is 0 Å². The number of piperazine rings is 1. The summed E-state index contributed by atoms with van der Waals surface area (Å²) in [6.45, 7) is 9.11. The molecule has 1 N–H and O–H groups in total. The molecule has 0 spiro atoms. The highest BCUT2D eigenvalue weighted by Crippen LogP contribution is 2.26. The van der Waals surface area contributed by atoms with Gasteiger partial charge in [0.15, 0.2) is 0 Å². The molecule has 2 saturated heterocycles. The van der Waals surface area contributed by atoms with Crippen molar-refractivity contribution in [2.24, 2.45) is 11.8 Å². The first-order chi connectivity index (χ1) is 8.93. The maximum Gasteiger partial charge on any atom is 0.246 e. The van der Waals surface area contributed by atoms with Crippen molar-refractivity contribution in [3.05, 3.63) is 0 Å². The molecule has 108 valence electrons. The number of rotatable bonds is 3. The van der Waals surface area contributed by atoms with E-state index in [-0.39, 0.29) is 35.7 Å². The zero-order chi connectivity index (χ0) is 14.2. The van der Waals surface area contributed by atoms with Crippen molar-refractivity contribution in [2.75, 3.05) is 13.2 Å². The van der Waals surface area contributed by atoms with Crippen LogP contribution < -0.4 is 5.32 Å². The van der Waals surface area contributed by atoms with Crippen LogP contribution in [0.25, 0.3) is 0 Å². The Hall–Kier alpha value is -1.10. The first-order valence-electron chi connectivity index (χ1n) is 7.13. The van der Waals surface area contributed by atoms with Gasteiger partial charge in [0.1, 0.15) is 12.1 Å². The van der Waals surface area contributed by atoms with Gasteiger partial charge in [-0.05, 0) is 18.3 Å². The Labute approximate surface area is 114 Å². The lowest BCUT2D eigenvalue weighted by atomic mass is 9.91. The molecule has 3 atom stereocenters. The van der Waals surface area contributed by atoms with E-state index in [1.54, 1.807) is 4.90 Å². The molecule has 0 aromatic rings. The molecule has 19 heavy (non-hydrogen) atoms. The van der Waals surface area contributed by atoms with Crippen LogP contribution >= 0.6 is 0 Å². The van der Waals surface area contributed by atoms with Crippen LogP contribution in [0, 0.1) is 11.8 Å². The lowest BCUT2D eigenvalue weighted by molar-refractivity contribution is -0.155. The molecule has 0 bridgehead atoms. The number of carbonyl (C=O) groups excluding carboxylic acids is 2. The molecular weight excluding hydrogens is 244 g/mol. The van der Waals surface area contributed by atoms with E-state index in [1.165, 1.54) is 0 Å². The third-order valence-corrected chi connectivity index (χ3v) is 3.98. The Morgan fingerprint density at radius 1 is 1.21 bits per heavy atom. The number of hydrogen-bond acceptors (Lipinski definition) is 3. The van der Waals surface area contributed by atoms with Gasteiger partial charge in [-0.15, -0.1) is 0 Å². The van der Waals surface area contributed by atoms with E-state index in [9.17, 15) is 9.59 Å². The zero-order valence-corrected chi connectivity index (χ0v) is 12.2. The molecular formula is C14H24N2O3. The fourth-order valence-corrected chi connectivity index (χ4v) is 2.95. The topological polar surface area (TPSA) is 58.6 Å². The van der Waals surface area contributed by atoms with E-state index >= 15 is 0 Å². The Bertz CT molecular complexity index is 362. The van der Waals surface area contributed by atoms with Crippen LogP contribution in [0.3, 0.4) is 0 Å². The molecule has 0 aromatic heterocycles. The standard InChI is InChI=1S/C14H24N2O3/c1-8(2)11-14(18)16(10-5-6-19-7-10)12(9(3)4)13(17)15-11/h8-12H,5-7H2,1-4H3,(H,15,17). The predicted octanol–water partition coefficient (Wildman–Crippen LogP) is 0.783. The van der Waals surface area contributed by atoms with Crippen molar-refractivity contribution in [1.82, 2.24) is 10.2 Å². The summed E-state index contributed by atoms with van der Waals surface area (Å²) in [5.74, 6) is 0.232. The summed E-state index contributed by atoms with van der Waals surface area (Å²) >= 11 is 0. The lowest BCUT2D eigenvalue weighted by Gasteiger charge is -2.44. The monoisotopic (exact) mass is 268 g/mol. The van der Waals surface area contributed by atoms with E-state index in [2.05, 4.69) is 5.32 Å². The molecule has 2 rings (SSSR count). The Balaban J connectivity index is 2.29. The van der Waals surface area contributed by atoms with Gasteiger partial charge in [0.25, 0.3) is 0 Å². The minimum atomic E-state index is -0.400. The fourth-order valence-electron chi connectivity index (χ4n) is 2.95. The molecule has 2 amide bonds. The molecule has 2 aliphatic rings. The number of nitrogens with zero attached hydrogens (tertiary/aromatic N) is 1. The third kappa shape index (κ3) is 2.61. The number of hydrogen-bond donors (Lipinski definition) is 1. The number of nitrogens with one attached hydrogen (secondary N) is 1. The van der Waals surface area contributed by atoms with Gasteiger partial charge in [0.2, 0.25) is 11.8 Å². The average Bonchev–Trinajstić information content (AvgIpc) is 2.83. The van der Waals surface area contributed by atoms with Gasteiger partial charge in [-0.1, -0.05) is 27.7 Å². The van der Waals surface area contributed by atoms with Gasteiger partial charge >= 0.3 is 0 Å². The van der Waals surface area contributed by atoms with E-state index in [1.807, 2.05) is 27.7 Å². The fraction of sp³-hybridized carbons (Fsp3) is 0.857. The second kappa shape index (κ2) is 5.49. The number of carbonyl (C=O) groups is 2. The third-order valence-electron chi connectivity index (χ3n) is 3.98. The average molecular weight is 268 g/mol. The summed E-state index contributed by atoms with van der Waals surface area (Å²) < 4.78 is 5.39. The molecule has 0 aliphatic carbocycles. The first-order valence-corrected chi connectivity index (χ1v) is 7.13. The SMILES string of the molecule is CC(C)C1NC(=O)C(C(C)C)N(C2CCOC2)C1=O. The summed E-state index contributed by atoms with van der Waals surface area (Å²) in [6.07, 6.45) is 0.826. The molecule has 0 radical (unpaired) electrons. The van der Waals surface area contributed by atoms with Crippen molar-refractivity contribution in [2.45, 2.75) is 52.2 Å².